The quantitative estimate of drug-likeness (QED) is 0.152. The third-order valence-corrected chi connectivity index (χ3v) is 10.5. The molecule has 2 heterocycles. The molecule has 0 bridgehead atoms. The molecule has 1 aliphatic heterocycles. The van der Waals surface area contributed by atoms with Crippen LogP contribution in [0.2, 0.25) is 0 Å². The number of aliphatic carboxylic acids is 1. The first-order chi connectivity index (χ1) is 23.2. The van der Waals surface area contributed by atoms with Gasteiger partial charge in [-0.1, -0.05) is 25.3 Å². The van der Waals surface area contributed by atoms with E-state index >= 15 is 0 Å². The number of ether oxygens (including phenoxy) is 1. The molecular weight excluding hydrogens is 632 g/mol. The first-order valence-electron chi connectivity index (χ1n) is 16.3. The van der Waals surface area contributed by atoms with Crippen molar-refractivity contribution in [2.75, 3.05) is 49.9 Å². The second kappa shape index (κ2) is 14.8. The zero-order valence-electron chi connectivity index (χ0n) is 27.3. The van der Waals surface area contributed by atoms with Crippen LogP contribution in [-0.2, 0) is 33.8 Å². The summed E-state index contributed by atoms with van der Waals surface area (Å²) in [6.45, 7) is 2.94. The van der Waals surface area contributed by atoms with E-state index in [1.54, 1.807) is 30.1 Å². The number of anilines is 2. The van der Waals surface area contributed by atoms with Crippen molar-refractivity contribution < 1.29 is 33.6 Å². The molecule has 1 saturated carbocycles. The van der Waals surface area contributed by atoms with Gasteiger partial charge in [-0.25, -0.2) is 13.3 Å². The van der Waals surface area contributed by atoms with Crippen LogP contribution in [0.15, 0.2) is 60.7 Å². The Balaban J connectivity index is 1.32. The number of piperazine rings is 1. The van der Waals surface area contributed by atoms with Crippen LogP contribution < -0.4 is 15.1 Å². The smallest absolute Gasteiger partial charge is 0.335 e. The summed E-state index contributed by atoms with van der Waals surface area (Å²) >= 11 is 0. The number of benzene rings is 3. The van der Waals surface area contributed by atoms with Gasteiger partial charge in [-0.2, -0.15) is 0 Å². The highest BCUT2D eigenvalue weighted by Gasteiger charge is 2.28. The van der Waals surface area contributed by atoms with Crippen molar-refractivity contribution >= 4 is 45.2 Å². The second-order valence-electron chi connectivity index (χ2n) is 12.4. The summed E-state index contributed by atoms with van der Waals surface area (Å²) < 4.78 is 22.0. The number of aromatic carboxylic acids is 1. The Hall–Kier alpha value is -4.39. The van der Waals surface area contributed by atoms with Gasteiger partial charge in [0.1, 0.15) is 18.9 Å². The van der Waals surface area contributed by atoms with E-state index in [0.717, 1.165) is 77.9 Å². The molecule has 11 nitrogen and oxygen atoms in total. The molecule has 0 radical (unpaired) electrons. The Labute approximate surface area is 282 Å². The van der Waals surface area contributed by atoms with Crippen molar-refractivity contribution in [2.45, 2.75) is 51.2 Å². The molecule has 3 N–H and O–H groups in total. The standard InChI is InChI=1S/C36H42N4O7S/c1-46-37-28-11-15-31(38-16-18-39(19-17-38)48(2)45)27(20-28)23-47-29-12-8-25(9-13-29)35-34(24-6-4-3-5-7-24)30-14-10-26(36(43)44)21-32(30)40(35)22-33(41)42/h8-15,20-21,24,37H,3-7,16-19,22-23H2,1-2H3,(H,41,42)(H,43,44). The zero-order chi connectivity index (χ0) is 33.8. The van der Waals surface area contributed by atoms with Gasteiger partial charge in [-0.05, 0) is 84.5 Å². The summed E-state index contributed by atoms with van der Waals surface area (Å²) in [4.78, 5) is 31.4. The van der Waals surface area contributed by atoms with Gasteiger partial charge in [-0.15, -0.1) is 0 Å². The fourth-order valence-corrected chi connectivity index (χ4v) is 7.85. The highest BCUT2D eigenvalue weighted by molar-refractivity contribution is 7.81. The number of nitrogens with zero attached hydrogens (tertiary/aromatic N) is 3. The van der Waals surface area contributed by atoms with E-state index < -0.39 is 22.9 Å². The summed E-state index contributed by atoms with van der Waals surface area (Å²) in [5.74, 6) is -1.12. The van der Waals surface area contributed by atoms with Crippen LogP contribution in [0, 0.1) is 0 Å². The summed E-state index contributed by atoms with van der Waals surface area (Å²) in [7, 11) is 0.572. The number of hydrogen-bond donors (Lipinski definition) is 3. The Bertz CT molecular complexity index is 1810. The Morgan fingerprint density at radius 2 is 1.67 bits per heavy atom. The highest BCUT2D eigenvalue weighted by atomic mass is 32.2. The molecule has 48 heavy (non-hydrogen) atoms. The molecule has 1 unspecified atom stereocenters. The lowest BCUT2D eigenvalue weighted by Gasteiger charge is -2.35. The minimum atomic E-state index is -1.05. The molecule has 2 aliphatic rings. The fourth-order valence-electron chi connectivity index (χ4n) is 7.17. The lowest BCUT2D eigenvalue weighted by Crippen LogP contribution is -2.47. The van der Waals surface area contributed by atoms with E-state index in [0.29, 0.717) is 31.0 Å². The molecule has 0 spiro atoms. The van der Waals surface area contributed by atoms with Crippen LogP contribution in [0.3, 0.4) is 0 Å². The van der Waals surface area contributed by atoms with E-state index in [1.807, 2.05) is 52.8 Å². The number of carboxylic acid groups (broad SMARTS) is 2. The first kappa shape index (κ1) is 33.5. The van der Waals surface area contributed by atoms with Crippen molar-refractivity contribution in [3.05, 3.63) is 77.4 Å². The lowest BCUT2D eigenvalue weighted by atomic mass is 9.82. The zero-order valence-corrected chi connectivity index (χ0v) is 28.1. The number of nitrogens with one attached hydrogen (secondary N) is 1. The van der Waals surface area contributed by atoms with Gasteiger partial charge in [0.25, 0.3) is 0 Å². The normalized spacial score (nSPS) is 16.6. The molecule has 1 saturated heterocycles. The number of fused-ring (bicyclic) bond motifs is 1. The molecular formula is C36H42N4O7S. The van der Waals surface area contributed by atoms with E-state index in [2.05, 4.69) is 10.4 Å². The maximum Gasteiger partial charge on any atom is 0.335 e. The molecule has 2 fully saturated rings. The number of aromatic nitrogens is 1. The van der Waals surface area contributed by atoms with Crippen molar-refractivity contribution in [3.8, 4) is 17.0 Å². The predicted octanol–water partition coefficient (Wildman–Crippen LogP) is 6.11. The molecule has 1 aromatic heterocycles. The van der Waals surface area contributed by atoms with Crippen molar-refractivity contribution in [1.29, 1.82) is 0 Å². The number of carboxylic acids is 2. The summed E-state index contributed by atoms with van der Waals surface area (Å²) in [6.07, 6.45) is 7.11. The Morgan fingerprint density at radius 3 is 2.31 bits per heavy atom. The number of rotatable bonds is 12. The van der Waals surface area contributed by atoms with E-state index in [9.17, 15) is 24.0 Å². The van der Waals surface area contributed by atoms with Crippen molar-refractivity contribution in [1.82, 2.24) is 8.87 Å². The molecule has 3 aromatic carbocycles. The molecule has 6 rings (SSSR count). The van der Waals surface area contributed by atoms with Crippen LogP contribution in [0.1, 0.15) is 59.5 Å². The lowest BCUT2D eigenvalue weighted by molar-refractivity contribution is -0.137. The minimum Gasteiger partial charge on any atom is -0.489 e. The largest absolute Gasteiger partial charge is 0.489 e. The molecule has 1 atom stereocenters. The van der Waals surface area contributed by atoms with Crippen LogP contribution in [-0.4, -0.2) is 74.8 Å². The predicted molar refractivity (Wildman–Crippen MR) is 187 cm³/mol. The first-order valence-corrected chi connectivity index (χ1v) is 17.8. The number of carbonyl (C=O) groups is 2. The SMILES string of the molecule is CONc1ccc(N2CCN(S(C)=O)CC2)c(COc2ccc(-c3c(C4CCCCC4)c4ccc(C(=O)O)cc4n3CC(=O)O)cc2)c1. The van der Waals surface area contributed by atoms with E-state index in [-0.39, 0.29) is 18.0 Å². The molecule has 4 aromatic rings. The van der Waals surface area contributed by atoms with E-state index in [1.165, 1.54) is 6.42 Å². The third kappa shape index (κ3) is 7.20. The maximum atomic E-state index is 12.1. The minimum absolute atomic E-state index is 0.128. The van der Waals surface area contributed by atoms with Crippen molar-refractivity contribution in [2.24, 2.45) is 0 Å². The van der Waals surface area contributed by atoms with E-state index in [4.69, 9.17) is 9.57 Å². The summed E-state index contributed by atoms with van der Waals surface area (Å²) in [5.41, 5.74) is 9.24. The summed E-state index contributed by atoms with van der Waals surface area (Å²) in [6, 6.07) is 18.8. The third-order valence-electron chi connectivity index (χ3n) is 9.42. The van der Waals surface area contributed by atoms with Gasteiger partial charge in [-0.3, -0.25) is 15.1 Å². The van der Waals surface area contributed by atoms with Crippen LogP contribution in [0.25, 0.3) is 22.2 Å². The van der Waals surface area contributed by atoms with Gasteiger partial charge >= 0.3 is 11.9 Å². The van der Waals surface area contributed by atoms with Gasteiger partial charge in [0, 0.05) is 49.1 Å². The average molecular weight is 675 g/mol. The molecule has 0 amide bonds. The fraction of sp³-hybridized carbons (Fsp3) is 0.389. The van der Waals surface area contributed by atoms with Gasteiger partial charge < -0.3 is 24.4 Å². The van der Waals surface area contributed by atoms with Gasteiger partial charge in [0.15, 0.2) is 0 Å². The Morgan fingerprint density at radius 1 is 0.938 bits per heavy atom. The van der Waals surface area contributed by atoms with Crippen molar-refractivity contribution in [3.63, 3.8) is 0 Å². The van der Waals surface area contributed by atoms with Crippen LogP contribution in [0.5, 0.6) is 5.75 Å². The maximum absolute atomic E-state index is 12.1. The molecule has 12 heteroatoms. The second-order valence-corrected chi connectivity index (χ2v) is 13.8. The molecule has 254 valence electrons. The van der Waals surface area contributed by atoms with Crippen LogP contribution in [0.4, 0.5) is 11.4 Å². The molecule has 1 aliphatic carbocycles. The monoisotopic (exact) mass is 674 g/mol. The summed E-state index contributed by atoms with van der Waals surface area (Å²) in [5, 5.41) is 20.6. The average Bonchev–Trinajstić information content (AvgIpc) is 3.40. The highest BCUT2D eigenvalue weighted by Crippen LogP contribution is 2.44. The number of hydrogen-bond acceptors (Lipinski definition) is 7. The van der Waals surface area contributed by atoms with Gasteiger partial charge in [0.05, 0.1) is 40.6 Å². The topological polar surface area (TPSA) is 134 Å². The van der Waals surface area contributed by atoms with Crippen LogP contribution >= 0.6 is 0 Å². The van der Waals surface area contributed by atoms with Gasteiger partial charge in [0.2, 0.25) is 0 Å². The Kier molecular flexibility index (Phi) is 10.3.